The summed E-state index contributed by atoms with van der Waals surface area (Å²) in [6, 6.07) is 20.4. The van der Waals surface area contributed by atoms with Gasteiger partial charge < -0.3 is 9.32 Å². The summed E-state index contributed by atoms with van der Waals surface area (Å²) in [6.07, 6.45) is 6.31. The molecule has 5 nitrogen and oxygen atoms in total. The zero-order valence-corrected chi connectivity index (χ0v) is 18.9. The molecule has 3 heterocycles. The number of hydrogen-bond donors (Lipinski definition) is 0. The lowest BCUT2D eigenvalue weighted by molar-refractivity contribution is 0.0697. The van der Waals surface area contributed by atoms with Gasteiger partial charge in [0, 0.05) is 37.8 Å². The summed E-state index contributed by atoms with van der Waals surface area (Å²) in [5.41, 5.74) is 3.03. The number of hydrogen-bond acceptors (Lipinski definition) is 4. The van der Waals surface area contributed by atoms with Crippen LogP contribution in [-0.4, -0.2) is 33.9 Å². The van der Waals surface area contributed by atoms with E-state index < -0.39 is 0 Å². The Balaban J connectivity index is 1.22. The van der Waals surface area contributed by atoms with Crippen molar-refractivity contribution in [2.24, 2.45) is 0 Å². The van der Waals surface area contributed by atoms with Crippen molar-refractivity contribution in [2.75, 3.05) is 13.1 Å². The molecule has 0 aliphatic carbocycles. The summed E-state index contributed by atoms with van der Waals surface area (Å²) in [7, 11) is 0. The van der Waals surface area contributed by atoms with E-state index in [1.165, 1.54) is 11.6 Å². The van der Waals surface area contributed by atoms with Gasteiger partial charge in [-0.3, -0.25) is 9.78 Å². The molecule has 1 aliphatic heterocycles. The van der Waals surface area contributed by atoms with Gasteiger partial charge in [-0.2, -0.15) is 0 Å². The quantitative estimate of drug-likeness (QED) is 0.390. The van der Waals surface area contributed by atoms with Gasteiger partial charge in [0.05, 0.1) is 17.7 Å². The second-order valence-corrected chi connectivity index (χ2v) is 8.72. The van der Waals surface area contributed by atoms with Crippen LogP contribution in [0.25, 0.3) is 0 Å². The molecule has 1 aliphatic rings. The molecule has 5 rings (SSSR count). The van der Waals surface area contributed by atoms with Crippen LogP contribution in [-0.2, 0) is 12.8 Å². The molecule has 172 valence electrons. The Labute approximate surface area is 198 Å². The van der Waals surface area contributed by atoms with Gasteiger partial charge in [0.2, 0.25) is 0 Å². The number of carbonyl (C=O) groups is 1. The smallest absolute Gasteiger partial charge is 0.255 e. The minimum atomic E-state index is -0.248. The highest BCUT2D eigenvalue weighted by Gasteiger charge is 2.28. The third kappa shape index (κ3) is 5.06. The predicted molar refractivity (Wildman–Crippen MR) is 127 cm³/mol. The van der Waals surface area contributed by atoms with Crippen LogP contribution in [0.4, 0.5) is 4.39 Å². The van der Waals surface area contributed by atoms with Crippen LogP contribution < -0.4 is 0 Å². The topological polar surface area (TPSA) is 59.2 Å². The average Bonchev–Trinajstić information content (AvgIpc) is 3.35. The molecule has 4 aromatic rings. The standard InChI is InChI=1S/C28H26FN3O2/c29-26-11-5-4-9-21(26)16-24-13-12-22(17-30-24)28(33)32-14-6-10-23(19-32)27-31-18-25(34-27)15-20-7-2-1-3-8-20/h1-5,7-9,11-13,17-18,23H,6,10,14-16,19H2. The molecule has 1 amide bonds. The molecular weight excluding hydrogens is 429 g/mol. The summed E-state index contributed by atoms with van der Waals surface area (Å²) in [4.78, 5) is 23.9. The van der Waals surface area contributed by atoms with Crippen molar-refractivity contribution in [1.29, 1.82) is 0 Å². The largest absolute Gasteiger partial charge is 0.445 e. The van der Waals surface area contributed by atoms with E-state index in [1.807, 2.05) is 29.2 Å². The number of oxazole rings is 1. The molecule has 2 aromatic carbocycles. The minimum Gasteiger partial charge on any atom is -0.445 e. The first-order chi connectivity index (χ1) is 16.7. The Bertz CT molecular complexity index is 1250. The lowest BCUT2D eigenvalue weighted by Crippen LogP contribution is -2.39. The molecule has 0 spiro atoms. The zero-order valence-electron chi connectivity index (χ0n) is 18.9. The van der Waals surface area contributed by atoms with E-state index in [-0.39, 0.29) is 17.6 Å². The van der Waals surface area contributed by atoms with Gasteiger partial charge in [0.15, 0.2) is 5.89 Å². The number of aromatic nitrogens is 2. The van der Waals surface area contributed by atoms with E-state index in [0.717, 1.165) is 24.3 Å². The van der Waals surface area contributed by atoms with Crippen LogP contribution in [0.2, 0.25) is 0 Å². The number of pyridine rings is 1. The normalized spacial score (nSPS) is 15.9. The maximum absolute atomic E-state index is 13.9. The van der Waals surface area contributed by atoms with Crippen LogP contribution in [0.15, 0.2) is 83.5 Å². The molecule has 1 unspecified atom stereocenters. The van der Waals surface area contributed by atoms with Crippen molar-refractivity contribution < 1.29 is 13.6 Å². The highest BCUT2D eigenvalue weighted by Crippen LogP contribution is 2.28. The van der Waals surface area contributed by atoms with E-state index >= 15 is 0 Å². The van der Waals surface area contributed by atoms with Crippen molar-refractivity contribution in [2.45, 2.75) is 31.6 Å². The van der Waals surface area contributed by atoms with Crippen molar-refractivity contribution in [3.05, 3.63) is 119 Å². The molecule has 2 aromatic heterocycles. The monoisotopic (exact) mass is 455 g/mol. The summed E-state index contributed by atoms with van der Waals surface area (Å²) < 4.78 is 20.0. The van der Waals surface area contributed by atoms with Crippen molar-refractivity contribution in [1.82, 2.24) is 14.9 Å². The fraction of sp³-hybridized carbons (Fsp3) is 0.250. The van der Waals surface area contributed by atoms with Crippen LogP contribution in [0.5, 0.6) is 0 Å². The van der Waals surface area contributed by atoms with E-state index in [4.69, 9.17) is 4.42 Å². The van der Waals surface area contributed by atoms with Gasteiger partial charge >= 0.3 is 0 Å². The van der Waals surface area contributed by atoms with Crippen LogP contribution in [0.1, 0.15) is 57.6 Å². The maximum atomic E-state index is 13.9. The van der Waals surface area contributed by atoms with Gasteiger partial charge in [-0.05, 0) is 42.2 Å². The molecule has 0 saturated carbocycles. The first kappa shape index (κ1) is 22.0. The van der Waals surface area contributed by atoms with Gasteiger partial charge in [-0.1, -0.05) is 48.5 Å². The first-order valence-corrected chi connectivity index (χ1v) is 11.6. The van der Waals surface area contributed by atoms with Crippen LogP contribution >= 0.6 is 0 Å². The highest BCUT2D eigenvalue weighted by molar-refractivity contribution is 5.94. The fourth-order valence-corrected chi connectivity index (χ4v) is 4.43. The number of halogens is 1. The number of amides is 1. The second-order valence-electron chi connectivity index (χ2n) is 8.72. The number of carbonyl (C=O) groups excluding carboxylic acids is 1. The predicted octanol–water partition coefficient (Wildman–Crippen LogP) is 5.41. The molecule has 0 N–H and O–H groups in total. The van der Waals surface area contributed by atoms with Gasteiger partial charge in [0.1, 0.15) is 11.6 Å². The number of likely N-dealkylation sites (tertiary alicyclic amines) is 1. The summed E-state index contributed by atoms with van der Waals surface area (Å²) in [6.45, 7) is 1.27. The first-order valence-electron chi connectivity index (χ1n) is 11.6. The van der Waals surface area contributed by atoms with Crippen molar-refractivity contribution >= 4 is 5.91 Å². The fourth-order valence-electron chi connectivity index (χ4n) is 4.43. The van der Waals surface area contributed by atoms with Gasteiger partial charge in [-0.15, -0.1) is 0 Å². The Kier molecular flexibility index (Phi) is 6.47. The summed E-state index contributed by atoms with van der Waals surface area (Å²) in [5.74, 6) is 1.31. The van der Waals surface area contributed by atoms with Crippen LogP contribution in [0.3, 0.4) is 0 Å². The molecule has 1 fully saturated rings. The highest BCUT2D eigenvalue weighted by atomic mass is 19.1. The lowest BCUT2D eigenvalue weighted by atomic mass is 9.97. The zero-order chi connectivity index (χ0) is 23.3. The number of nitrogens with zero attached hydrogens (tertiary/aromatic N) is 3. The minimum absolute atomic E-state index is 0.0503. The number of benzene rings is 2. The third-order valence-corrected chi connectivity index (χ3v) is 6.25. The van der Waals surface area contributed by atoms with E-state index in [0.29, 0.717) is 42.9 Å². The lowest BCUT2D eigenvalue weighted by Gasteiger charge is -2.31. The van der Waals surface area contributed by atoms with Crippen LogP contribution in [0, 0.1) is 5.82 Å². The Morgan fingerprint density at radius 2 is 1.79 bits per heavy atom. The number of rotatable bonds is 6. The average molecular weight is 456 g/mol. The maximum Gasteiger partial charge on any atom is 0.255 e. The SMILES string of the molecule is O=C(c1ccc(Cc2ccccc2F)nc1)N1CCCC(c2ncc(Cc3ccccc3)o2)C1. The van der Waals surface area contributed by atoms with Crippen molar-refractivity contribution in [3.8, 4) is 0 Å². The molecular formula is C28H26FN3O2. The molecule has 0 bridgehead atoms. The molecule has 0 radical (unpaired) electrons. The summed E-state index contributed by atoms with van der Waals surface area (Å²) >= 11 is 0. The molecule has 6 heteroatoms. The van der Waals surface area contributed by atoms with E-state index in [1.54, 1.807) is 36.7 Å². The number of piperidine rings is 1. The van der Waals surface area contributed by atoms with Gasteiger partial charge in [-0.25, -0.2) is 9.37 Å². The third-order valence-electron chi connectivity index (χ3n) is 6.25. The molecule has 1 atom stereocenters. The van der Waals surface area contributed by atoms with E-state index in [9.17, 15) is 9.18 Å². The Morgan fingerprint density at radius 1 is 0.971 bits per heavy atom. The second kappa shape index (κ2) is 10.00. The van der Waals surface area contributed by atoms with Gasteiger partial charge in [0.25, 0.3) is 5.91 Å². The Hall–Kier alpha value is -3.80. The molecule has 34 heavy (non-hydrogen) atoms. The summed E-state index contributed by atoms with van der Waals surface area (Å²) in [5, 5.41) is 0. The Morgan fingerprint density at radius 3 is 2.59 bits per heavy atom. The van der Waals surface area contributed by atoms with Crippen molar-refractivity contribution in [3.63, 3.8) is 0 Å². The molecule has 1 saturated heterocycles. The van der Waals surface area contributed by atoms with E-state index in [2.05, 4.69) is 22.1 Å².